The van der Waals surface area contributed by atoms with Crippen molar-refractivity contribution in [1.29, 1.82) is 0 Å². The van der Waals surface area contributed by atoms with Gasteiger partial charge in [0, 0.05) is 12.3 Å². The van der Waals surface area contributed by atoms with E-state index in [1.54, 1.807) is 24.4 Å². The van der Waals surface area contributed by atoms with Gasteiger partial charge in [-0.2, -0.15) is 0 Å². The summed E-state index contributed by atoms with van der Waals surface area (Å²) in [4.78, 5) is 25.9. The summed E-state index contributed by atoms with van der Waals surface area (Å²) in [5.74, 6) is 0. The van der Waals surface area contributed by atoms with Crippen molar-refractivity contribution in [3.05, 3.63) is 40.8 Å². The van der Waals surface area contributed by atoms with E-state index in [-0.39, 0.29) is 12.1 Å². The van der Waals surface area contributed by atoms with Crippen LogP contribution in [0.15, 0.2) is 35.3 Å². The van der Waals surface area contributed by atoms with Gasteiger partial charge in [-0.1, -0.05) is 0 Å². The Bertz CT molecular complexity index is 531. The molecule has 0 fully saturated rings. The van der Waals surface area contributed by atoms with E-state index in [1.165, 1.54) is 10.6 Å². The first-order valence-electron chi connectivity index (χ1n) is 4.21. The van der Waals surface area contributed by atoms with E-state index in [1.807, 2.05) is 0 Å². The minimum atomic E-state index is -0.183. The Labute approximate surface area is 79.8 Å². The highest BCUT2D eigenvalue weighted by molar-refractivity contribution is 5.74. The molecular formula is C10H8N2O2. The van der Waals surface area contributed by atoms with Gasteiger partial charge in [-0.15, -0.1) is 0 Å². The van der Waals surface area contributed by atoms with Crippen molar-refractivity contribution in [3.63, 3.8) is 0 Å². The van der Waals surface area contributed by atoms with Gasteiger partial charge >= 0.3 is 0 Å². The molecule has 0 atom stereocenters. The average molecular weight is 188 g/mol. The Morgan fingerprint density at radius 3 is 3.00 bits per heavy atom. The number of pyridine rings is 2. The standard InChI is InChI=1S/C10H8N2O2/c13-7-6-12-9-2-1-5-11-8(9)3-4-10(12)14/h1-5,7H,6H2. The maximum Gasteiger partial charge on any atom is 0.251 e. The maximum absolute atomic E-state index is 11.4. The van der Waals surface area contributed by atoms with Crippen molar-refractivity contribution in [2.45, 2.75) is 6.54 Å². The second-order valence-corrected chi connectivity index (χ2v) is 2.86. The fraction of sp³-hybridized carbons (Fsp3) is 0.100. The first-order valence-corrected chi connectivity index (χ1v) is 4.21. The van der Waals surface area contributed by atoms with Gasteiger partial charge < -0.3 is 4.79 Å². The smallest absolute Gasteiger partial charge is 0.251 e. The van der Waals surface area contributed by atoms with Crippen LogP contribution in [0.25, 0.3) is 11.0 Å². The first kappa shape index (κ1) is 8.62. The van der Waals surface area contributed by atoms with Gasteiger partial charge in [0.05, 0.1) is 17.6 Å². The molecule has 0 saturated carbocycles. The predicted octanol–water partition coefficient (Wildman–Crippen LogP) is 0.595. The van der Waals surface area contributed by atoms with Crippen molar-refractivity contribution in [1.82, 2.24) is 9.55 Å². The molecule has 0 N–H and O–H groups in total. The summed E-state index contributed by atoms with van der Waals surface area (Å²) in [6.45, 7) is 0.0713. The van der Waals surface area contributed by atoms with Gasteiger partial charge in [0.1, 0.15) is 6.29 Å². The van der Waals surface area contributed by atoms with Crippen molar-refractivity contribution < 1.29 is 4.79 Å². The van der Waals surface area contributed by atoms with E-state index in [9.17, 15) is 9.59 Å². The summed E-state index contributed by atoms with van der Waals surface area (Å²) in [6, 6.07) is 6.58. The molecule has 0 unspecified atom stereocenters. The molecule has 2 aromatic rings. The number of carbonyl (C=O) groups is 1. The van der Waals surface area contributed by atoms with Gasteiger partial charge in [-0.25, -0.2) is 0 Å². The van der Waals surface area contributed by atoms with Crippen molar-refractivity contribution in [3.8, 4) is 0 Å². The molecule has 0 spiro atoms. The van der Waals surface area contributed by atoms with Crippen molar-refractivity contribution >= 4 is 17.3 Å². The molecule has 2 rings (SSSR count). The van der Waals surface area contributed by atoms with E-state index in [2.05, 4.69) is 4.98 Å². The normalized spacial score (nSPS) is 10.3. The van der Waals surface area contributed by atoms with Crippen LogP contribution in [-0.4, -0.2) is 15.8 Å². The van der Waals surface area contributed by atoms with Gasteiger partial charge in [0.25, 0.3) is 5.56 Å². The topological polar surface area (TPSA) is 52.0 Å². The number of fused-ring (bicyclic) bond motifs is 1. The second-order valence-electron chi connectivity index (χ2n) is 2.86. The molecule has 0 aromatic carbocycles. The molecule has 4 nitrogen and oxygen atoms in total. The lowest BCUT2D eigenvalue weighted by Crippen LogP contribution is -2.20. The Morgan fingerprint density at radius 1 is 1.36 bits per heavy atom. The number of carbonyl (C=O) groups excluding carboxylic acids is 1. The van der Waals surface area contributed by atoms with Gasteiger partial charge in [-0.05, 0) is 18.2 Å². The lowest BCUT2D eigenvalue weighted by Gasteiger charge is -2.04. The quantitative estimate of drug-likeness (QED) is 0.648. The van der Waals surface area contributed by atoms with Crippen molar-refractivity contribution in [2.24, 2.45) is 0 Å². The first-order chi connectivity index (χ1) is 6.83. The lowest BCUT2D eigenvalue weighted by atomic mass is 10.3. The zero-order valence-electron chi connectivity index (χ0n) is 7.38. The van der Waals surface area contributed by atoms with Crippen LogP contribution in [0.4, 0.5) is 0 Å². The fourth-order valence-corrected chi connectivity index (χ4v) is 1.39. The number of hydrogen-bond acceptors (Lipinski definition) is 3. The molecule has 0 radical (unpaired) electrons. The third kappa shape index (κ3) is 1.31. The molecule has 0 aliphatic heterocycles. The van der Waals surface area contributed by atoms with Crippen LogP contribution >= 0.6 is 0 Å². The van der Waals surface area contributed by atoms with Crippen molar-refractivity contribution in [2.75, 3.05) is 0 Å². The maximum atomic E-state index is 11.4. The van der Waals surface area contributed by atoms with Crippen LogP contribution in [0.1, 0.15) is 0 Å². The van der Waals surface area contributed by atoms with E-state index < -0.39 is 0 Å². The molecule has 0 bridgehead atoms. The molecule has 0 aliphatic carbocycles. The molecule has 0 amide bonds. The summed E-state index contributed by atoms with van der Waals surface area (Å²) in [5.41, 5.74) is 1.22. The third-order valence-electron chi connectivity index (χ3n) is 2.01. The van der Waals surface area contributed by atoms with E-state index >= 15 is 0 Å². The second kappa shape index (κ2) is 3.41. The van der Waals surface area contributed by atoms with E-state index in [0.717, 1.165) is 0 Å². The number of rotatable bonds is 2. The molecule has 0 saturated heterocycles. The summed E-state index contributed by atoms with van der Waals surface area (Å²) in [7, 11) is 0. The lowest BCUT2D eigenvalue weighted by molar-refractivity contribution is -0.108. The number of aromatic nitrogens is 2. The molecule has 70 valence electrons. The van der Waals surface area contributed by atoms with Gasteiger partial charge in [0.15, 0.2) is 0 Å². The molecular weight excluding hydrogens is 180 g/mol. The fourth-order valence-electron chi connectivity index (χ4n) is 1.39. The average Bonchev–Trinajstić information content (AvgIpc) is 2.23. The third-order valence-corrected chi connectivity index (χ3v) is 2.01. The largest absolute Gasteiger partial charge is 0.301 e. The number of hydrogen-bond donors (Lipinski definition) is 0. The molecule has 2 aromatic heterocycles. The van der Waals surface area contributed by atoms with Gasteiger partial charge in [-0.3, -0.25) is 14.3 Å². The summed E-state index contributed by atoms with van der Waals surface area (Å²) >= 11 is 0. The summed E-state index contributed by atoms with van der Waals surface area (Å²) in [5, 5.41) is 0. The molecule has 4 heteroatoms. The highest BCUT2D eigenvalue weighted by Crippen LogP contribution is 2.06. The van der Waals surface area contributed by atoms with E-state index in [0.29, 0.717) is 17.3 Å². The highest BCUT2D eigenvalue weighted by atomic mass is 16.1. The molecule has 2 heterocycles. The minimum Gasteiger partial charge on any atom is -0.301 e. The summed E-state index contributed by atoms with van der Waals surface area (Å²) in [6.07, 6.45) is 2.35. The summed E-state index contributed by atoms with van der Waals surface area (Å²) < 4.78 is 1.40. The Morgan fingerprint density at radius 2 is 2.21 bits per heavy atom. The molecule has 14 heavy (non-hydrogen) atoms. The minimum absolute atomic E-state index is 0.0713. The van der Waals surface area contributed by atoms with Gasteiger partial charge in [0.2, 0.25) is 0 Å². The van der Waals surface area contributed by atoms with Crippen LogP contribution in [0, 0.1) is 0 Å². The number of aldehydes is 1. The predicted molar refractivity (Wildman–Crippen MR) is 52.1 cm³/mol. The van der Waals surface area contributed by atoms with Crippen LogP contribution in [0.3, 0.4) is 0 Å². The van der Waals surface area contributed by atoms with Crippen LogP contribution in [-0.2, 0) is 11.3 Å². The number of nitrogens with zero attached hydrogens (tertiary/aromatic N) is 2. The highest BCUT2D eigenvalue weighted by Gasteiger charge is 2.01. The van der Waals surface area contributed by atoms with Crippen LogP contribution < -0.4 is 5.56 Å². The van der Waals surface area contributed by atoms with Crippen LogP contribution in [0.2, 0.25) is 0 Å². The van der Waals surface area contributed by atoms with E-state index in [4.69, 9.17) is 0 Å². The molecule has 0 aliphatic rings. The Hall–Kier alpha value is -1.97. The van der Waals surface area contributed by atoms with Crippen LogP contribution in [0.5, 0.6) is 0 Å². The zero-order chi connectivity index (χ0) is 9.97. The Kier molecular flexibility index (Phi) is 2.10. The Balaban J connectivity index is 2.82. The zero-order valence-corrected chi connectivity index (χ0v) is 7.38. The SMILES string of the molecule is O=CCn1c(=O)ccc2ncccc21. The monoisotopic (exact) mass is 188 g/mol.